The Hall–Kier alpha value is -4.52. The first-order chi connectivity index (χ1) is 17.6. The minimum Gasteiger partial charge on any atom is -0.453 e. The molecule has 1 aromatic carbocycles. The maximum atomic E-state index is 15.0. The van der Waals surface area contributed by atoms with Gasteiger partial charge in [0.15, 0.2) is 23.0 Å². The molecule has 0 aliphatic carbocycles. The monoisotopic (exact) mass is 511 g/mol. The summed E-state index contributed by atoms with van der Waals surface area (Å²) in [5.74, 6) is -0.947. The third kappa shape index (κ3) is 5.07. The lowest BCUT2D eigenvalue weighted by Crippen LogP contribution is -2.35. The SMILES string of the molecule is CC(CO)N(C)c1n[nH]c2nccc(Oc3ccc(NC(=O)c4cn(C(C)C)c(=O)[nH]c4=O)cc3F)c12. The molecular formula is C24H26FN7O5. The number of nitrogens with zero attached hydrogens (tertiary/aromatic N) is 4. The van der Waals surface area contributed by atoms with Gasteiger partial charge in [0.05, 0.1) is 12.6 Å². The van der Waals surface area contributed by atoms with Crippen molar-refractivity contribution < 1.29 is 19.0 Å². The first-order valence-electron chi connectivity index (χ1n) is 11.4. The molecule has 4 N–H and O–H groups in total. The Kier molecular flexibility index (Phi) is 7.07. The summed E-state index contributed by atoms with van der Waals surface area (Å²) >= 11 is 0. The Morgan fingerprint density at radius 1 is 1.24 bits per heavy atom. The van der Waals surface area contributed by atoms with Crippen LogP contribution in [0.25, 0.3) is 11.0 Å². The Bertz CT molecular complexity index is 1580. The van der Waals surface area contributed by atoms with E-state index in [1.165, 1.54) is 29.1 Å². The Morgan fingerprint density at radius 3 is 2.68 bits per heavy atom. The van der Waals surface area contributed by atoms with Gasteiger partial charge in [0, 0.05) is 43.3 Å². The number of carbonyl (C=O) groups is 1. The molecule has 194 valence electrons. The van der Waals surface area contributed by atoms with Gasteiger partial charge in [0.25, 0.3) is 11.5 Å². The van der Waals surface area contributed by atoms with Crippen LogP contribution >= 0.6 is 0 Å². The lowest BCUT2D eigenvalue weighted by atomic mass is 10.2. The van der Waals surface area contributed by atoms with Gasteiger partial charge in [-0.25, -0.2) is 14.2 Å². The molecule has 0 aliphatic heterocycles. The summed E-state index contributed by atoms with van der Waals surface area (Å²) in [6.45, 7) is 5.16. The molecule has 12 nitrogen and oxygen atoms in total. The molecule has 0 radical (unpaired) electrons. The number of H-pyrrole nitrogens is 2. The van der Waals surface area contributed by atoms with Crippen LogP contribution in [0.3, 0.4) is 0 Å². The molecule has 1 atom stereocenters. The Labute approximate surface area is 209 Å². The number of aromatic amines is 2. The van der Waals surface area contributed by atoms with Gasteiger partial charge in [0.2, 0.25) is 0 Å². The summed E-state index contributed by atoms with van der Waals surface area (Å²) < 4.78 is 22.0. The zero-order valence-corrected chi connectivity index (χ0v) is 20.6. The molecule has 0 aliphatic rings. The van der Waals surface area contributed by atoms with Gasteiger partial charge < -0.3 is 20.1 Å². The number of rotatable bonds is 8. The van der Waals surface area contributed by atoms with Gasteiger partial charge in [-0.3, -0.25) is 24.2 Å². The number of amides is 1. The number of benzene rings is 1. The highest BCUT2D eigenvalue weighted by Gasteiger charge is 2.21. The number of anilines is 2. The average molecular weight is 512 g/mol. The lowest BCUT2D eigenvalue weighted by molar-refractivity contribution is 0.102. The molecule has 0 bridgehead atoms. The van der Waals surface area contributed by atoms with E-state index in [0.717, 1.165) is 6.07 Å². The van der Waals surface area contributed by atoms with Crippen molar-refractivity contribution in [1.29, 1.82) is 0 Å². The zero-order valence-electron chi connectivity index (χ0n) is 20.6. The van der Waals surface area contributed by atoms with Crippen LogP contribution in [-0.2, 0) is 0 Å². The number of aliphatic hydroxyl groups is 1. The van der Waals surface area contributed by atoms with Crippen molar-refractivity contribution in [3.05, 3.63) is 68.9 Å². The van der Waals surface area contributed by atoms with E-state index >= 15 is 0 Å². The van der Waals surface area contributed by atoms with Crippen molar-refractivity contribution >= 4 is 28.4 Å². The van der Waals surface area contributed by atoms with Gasteiger partial charge in [0.1, 0.15) is 16.7 Å². The molecule has 4 rings (SSSR count). The number of hydrogen-bond acceptors (Lipinski definition) is 8. The van der Waals surface area contributed by atoms with Crippen LogP contribution in [0.15, 0.2) is 46.2 Å². The van der Waals surface area contributed by atoms with E-state index in [9.17, 15) is 23.9 Å². The minimum atomic E-state index is -0.849. The second-order valence-electron chi connectivity index (χ2n) is 8.73. The van der Waals surface area contributed by atoms with Crippen LogP contribution in [0.5, 0.6) is 11.5 Å². The van der Waals surface area contributed by atoms with Crippen molar-refractivity contribution in [1.82, 2.24) is 24.7 Å². The highest BCUT2D eigenvalue weighted by Crippen LogP contribution is 2.36. The standard InChI is InChI=1S/C24H26FN7O5/c1-12(2)32-10-15(23(35)28-24(32)36)22(34)27-14-5-6-17(16(25)9-14)37-18-7-8-26-20-19(18)21(30-29-20)31(4)13(3)11-33/h5-10,12-13,33H,11H2,1-4H3,(H,27,34)(H,26,29,30)(H,28,35,36). The highest BCUT2D eigenvalue weighted by atomic mass is 19.1. The molecule has 0 saturated heterocycles. The summed E-state index contributed by atoms with van der Waals surface area (Å²) in [4.78, 5) is 44.8. The van der Waals surface area contributed by atoms with E-state index in [1.54, 1.807) is 31.9 Å². The van der Waals surface area contributed by atoms with Crippen LogP contribution in [0.4, 0.5) is 15.9 Å². The van der Waals surface area contributed by atoms with Crippen LogP contribution in [-0.4, -0.2) is 55.4 Å². The molecule has 0 fully saturated rings. The second kappa shape index (κ2) is 10.2. The number of nitrogens with one attached hydrogen (secondary N) is 3. The molecule has 37 heavy (non-hydrogen) atoms. The predicted octanol–water partition coefficient (Wildman–Crippen LogP) is 2.39. The van der Waals surface area contributed by atoms with Gasteiger partial charge in [-0.1, -0.05) is 0 Å². The van der Waals surface area contributed by atoms with Crippen molar-refractivity contribution in [2.45, 2.75) is 32.9 Å². The fraction of sp³-hybridized carbons (Fsp3) is 0.292. The van der Waals surface area contributed by atoms with Crippen LogP contribution < -0.4 is 26.2 Å². The minimum absolute atomic E-state index is 0.0805. The van der Waals surface area contributed by atoms with Gasteiger partial charge in [-0.15, -0.1) is 0 Å². The first-order valence-corrected chi connectivity index (χ1v) is 11.4. The van der Waals surface area contributed by atoms with Crippen molar-refractivity contribution in [2.75, 3.05) is 23.9 Å². The molecule has 13 heteroatoms. The summed E-state index contributed by atoms with van der Waals surface area (Å²) in [7, 11) is 1.75. The maximum Gasteiger partial charge on any atom is 0.328 e. The Morgan fingerprint density at radius 2 is 2.00 bits per heavy atom. The fourth-order valence-electron chi connectivity index (χ4n) is 3.59. The molecule has 1 unspecified atom stereocenters. The van der Waals surface area contributed by atoms with Gasteiger partial charge >= 0.3 is 5.69 Å². The van der Waals surface area contributed by atoms with Crippen LogP contribution in [0, 0.1) is 5.82 Å². The number of ether oxygens (including phenoxy) is 1. The largest absolute Gasteiger partial charge is 0.453 e. The number of fused-ring (bicyclic) bond motifs is 1. The number of halogens is 1. The smallest absolute Gasteiger partial charge is 0.328 e. The molecule has 3 aromatic heterocycles. The van der Waals surface area contributed by atoms with Gasteiger partial charge in [-0.05, 0) is 32.9 Å². The van der Waals surface area contributed by atoms with Crippen LogP contribution in [0.1, 0.15) is 37.2 Å². The number of aliphatic hydroxyl groups excluding tert-OH is 1. The van der Waals surface area contributed by atoms with E-state index in [4.69, 9.17) is 4.74 Å². The molecule has 1 amide bonds. The summed E-state index contributed by atoms with van der Waals surface area (Å²) in [6.07, 6.45) is 2.65. The van der Waals surface area contributed by atoms with E-state index in [-0.39, 0.29) is 41.4 Å². The molecular weight excluding hydrogens is 485 g/mol. The topological polar surface area (TPSA) is 158 Å². The number of hydrogen-bond donors (Lipinski definition) is 4. The molecule has 0 spiro atoms. The summed E-state index contributed by atoms with van der Waals surface area (Å²) in [5, 5.41) is 19.5. The van der Waals surface area contributed by atoms with Crippen molar-refractivity contribution in [3.63, 3.8) is 0 Å². The number of likely N-dealkylation sites (N-methyl/N-ethyl adjacent to an activating group) is 1. The van der Waals surface area contributed by atoms with Crippen molar-refractivity contribution in [2.24, 2.45) is 0 Å². The number of aromatic nitrogens is 5. The third-order valence-electron chi connectivity index (χ3n) is 5.84. The van der Waals surface area contributed by atoms with E-state index in [1.807, 2.05) is 6.92 Å². The second-order valence-corrected chi connectivity index (χ2v) is 8.73. The van der Waals surface area contributed by atoms with E-state index in [2.05, 4.69) is 25.5 Å². The summed E-state index contributed by atoms with van der Waals surface area (Å²) in [6, 6.07) is 4.82. The van der Waals surface area contributed by atoms with Gasteiger partial charge in [-0.2, -0.15) is 5.10 Å². The quantitative estimate of drug-likeness (QED) is 0.281. The van der Waals surface area contributed by atoms with E-state index < -0.39 is 23.0 Å². The van der Waals surface area contributed by atoms with E-state index in [0.29, 0.717) is 16.9 Å². The molecule has 0 saturated carbocycles. The molecule has 3 heterocycles. The predicted molar refractivity (Wildman–Crippen MR) is 135 cm³/mol. The first kappa shape index (κ1) is 25.6. The van der Waals surface area contributed by atoms with Crippen LogP contribution in [0.2, 0.25) is 0 Å². The van der Waals surface area contributed by atoms with Crippen molar-refractivity contribution in [3.8, 4) is 11.5 Å². The average Bonchev–Trinajstić information content (AvgIpc) is 3.29. The lowest BCUT2D eigenvalue weighted by Gasteiger charge is -2.23. The summed E-state index contributed by atoms with van der Waals surface area (Å²) in [5.41, 5.74) is -1.27. The number of carbonyl (C=O) groups excluding carboxylic acids is 1. The maximum absolute atomic E-state index is 15.0. The fourth-order valence-corrected chi connectivity index (χ4v) is 3.59. The Balaban J connectivity index is 1.60. The molecule has 4 aromatic rings. The normalized spacial score (nSPS) is 12.1. The number of pyridine rings is 1. The zero-order chi connectivity index (χ0) is 26.9. The third-order valence-corrected chi connectivity index (χ3v) is 5.84. The highest BCUT2D eigenvalue weighted by molar-refractivity contribution is 6.03.